The number of imidazole rings is 1. The van der Waals surface area contributed by atoms with Crippen LogP contribution in [0, 0.1) is 25.8 Å². The van der Waals surface area contributed by atoms with Gasteiger partial charge in [0.15, 0.2) is 0 Å². The van der Waals surface area contributed by atoms with Crippen LogP contribution in [0.2, 0.25) is 0 Å². The van der Waals surface area contributed by atoms with Crippen LogP contribution in [0.25, 0.3) is 106 Å². The van der Waals surface area contributed by atoms with Gasteiger partial charge in [0.05, 0.1) is 22.4 Å². The van der Waals surface area contributed by atoms with E-state index in [0.29, 0.717) is 11.3 Å². The molecule has 0 saturated heterocycles. The molecule has 0 bridgehead atoms. The van der Waals surface area contributed by atoms with Crippen molar-refractivity contribution in [2.75, 3.05) is 0 Å². The van der Waals surface area contributed by atoms with Crippen LogP contribution in [-0.4, -0.2) is 14.5 Å². The second-order valence-electron chi connectivity index (χ2n) is 18.0. The Balaban J connectivity index is 0.000000264. The Kier molecular flexibility index (Phi) is 10.9. The van der Waals surface area contributed by atoms with Crippen molar-refractivity contribution in [3.8, 4) is 61.9 Å². The zero-order valence-corrected chi connectivity index (χ0v) is 41.4. The number of rotatable bonds is 8. The normalized spacial score (nSPS) is 13.1. The van der Waals surface area contributed by atoms with Gasteiger partial charge < -0.3 is 18.4 Å². The minimum absolute atomic E-state index is 0. The standard InChI is InChI=1S/C51H39N2O2.C13H12N.Ir/c1-31(2)42-27-38(35-23-21-34(22-24-35)33-13-6-5-7-14-33)28-43(32(3)4)49(42)53-45-19-10-9-18-44(45)52-51(53)41-17-12-16-40-39-26-25-37(30-48(39)55-50(40)41)47-29-36-15-8-11-20-46(36)54-47;1-10-3-6-12(7-4-10)13-8-5-11(2)9-14-13;/h5-16,18-32H,1-4H3;3-6,8-9H,1-2H3;/q2*-1;/i;1D3,2D3;. The number of fused-ring (bicyclic) bond motifs is 5. The van der Waals surface area contributed by atoms with Crippen LogP contribution in [0.4, 0.5) is 0 Å². The third kappa shape index (κ3) is 8.81. The van der Waals surface area contributed by atoms with E-state index in [-0.39, 0.29) is 43.1 Å². The first-order valence-corrected chi connectivity index (χ1v) is 23.3. The van der Waals surface area contributed by atoms with Crippen LogP contribution in [0.3, 0.4) is 0 Å². The Labute approximate surface area is 431 Å². The summed E-state index contributed by atoms with van der Waals surface area (Å²) in [6.45, 7) is 4.81. The van der Waals surface area contributed by atoms with E-state index in [9.17, 15) is 0 Å². The molecular formula is C64H51IrN3O2-2. The topological polar surface area (TPSA) is 57.0 Å². The first-order chi connectivity index (χ1) is 36.1. The first-order valence-electron chi connectivity index (χ1n) is 26.3. The fourth-order valence-electron chi connectivity index (χ4n) is 9.21. The zero-order valence-electron chi connectivity index (χ0n) is 45.0. The van der Waals surface area contributed by atoms with E-state index in [1.165, 1.54) is 63.5 Å². The fraction of sp³-hybridized carbons (Fsp3) is 0.125. The van der Waals surface area contributed by atoms with Crippen LogP contribution in [0.5, 0.6) is 0 Å². The number of benzene rings is 8. The number of aryl methyl sites for hydroxylation is 2. The first kappa shape index (κ1) is 39.2. The smallest absolute Gasteiger partial charge is 0.135 e. The molecule has 0 aliphatic carbocycles. The molecule has 0 unspecified atom stereocenters. The van der Waals surface area contributed by atoms with Gasteiger partial charge in [0.1, 0.15) is 16.9 Å². The van der Waals surface area contributed by atoms with Gasteiger partial charge in [-0.05, 0) is 106 Å². The van der Waals surface area contributed by atoms with Gasteiger partial charge in [0.2, 0.25) is 0 Å². The Morgan fingerprint density at radius 2 is 1.26 bits per heavy atom. The summed E-state index contributed by atoms with van der Waals surface area (Å²) >= 11 is 0. The average Bonchev–Trinajstić information content (AvgIpc) is 4.19. The van der Waals surface area contributed by atoms with E-state index < -0.39 is 13.7 Å². The van der Waals surface area contributed by atoms with Crippen molar-refractivity contribution in [1.82, 2.24) is 14.5 Å². The van der Waals surface area contributed by atoms with Gasteiger partial charge >= 0.3 is 0 Å². The van der Waals surface area contributed by atoms with Crippen LogP contribution >= 0.6 is 0 Å². The second-order valence-corrected chi connectivity index (χ2v) is 18.0. The van der Waals surface area contributed by atoms with E-state index in [2.05, 4.69) is 177 Å². The summed E-state index contributed by atoms with van der Waals surface area (Å²) in [5, 5.41) is 3.15. The Morgan fingerprint density at radius 1 is 0.571 bits per heavy atom. The summed E-state index contributed by atoms with van der Waals surface area (Å²) in [5.74, 6) is 2.11. The van der Waals surface area contributed by atoms with Gasteiger partial charge in [-0.25, -0.2) is 0 Å². The van der Waals surface area contributed by atoms with E-state index >= 15 is 0 Å². The van der Waals surface area contributed by atoms with Crippen LogP contribution in [-0.2, 0) is 20.1 Å². The third-order valence-corrected chi connectivity index (χ3v) is 12.7. The third-order valence-electron chi connectivity index (χ3n) is 12.7. The largest absolute Gasteiger partial charge is 0.501 e. The van der Waals surface area contributed by atoms with Crippen LogP contribution < -0.4 is 0 Å². The number of nitrogens with zero attached hydrogens (tertiary/aromatic N) is 3. The number of hydrogen-bond donors (Lipinski definition) is 0. The summed E-state index contributed by atoms with van der Waals surface area (Å²) in [6, 6.07) is 67.3. The number of aromatic nitrogens is 3. The van der Waals surface area contributed by atoms with Crippen molar-refractivity contribution in [3.63, 3.8) is 0 Å². The van der Waals surface area contributed by atoms with E-state index in [4.69, 9.17) is 22.0 Å². The zero-order chi connectivity index (χ0) is 52.2. The predicted molar refractivity (Wildman–Crippen MR) is 285 cm³/mol. The van der Waals surface area contributed by atoms with E-state index in [0.717, 1.165) is 66.7 Å². The molecular weight excluding hydrogens is 1030 g/mol. The molecule has 0 fully saturated rings. The van der Waals surface area contributed by atoms with Crippen molar-refractivity contribution < 1.29 is 37.2 Å². The monoisotopic (exact) mass is 1090 g/mol. The number of para-hydroxylation sites is 3. The molecule has 70 heavy (non-hydrogen) atoms. The molecule has 5 nitrogen and oxygen atoms in total. The van der Waals surface area contributed by atoms with Crippen LogP contribution in [0.1, 0.15) is 70.0 Å². The van der Waals surface area contributed by atoms with E-state index in [1.54, 1.807) is 12.1 Å². The van der Waals surface area contributed by atoms with Crippen molar-refractivity contribution in [2.24, 2.45) is 0 Å². The Morgan fingerprint density at radius 3 is 1.96 bits per heavy atom. The molecule has 12 aromatic rings. The SMILES string of the molecule is CC(C)c1cc(-c2ccc(-c3ccccc3)cc2)cc(C(C)C)c1-n1c(-c2[c-]ccc3c2oc2cc(-c4cc5ccccc5o4)ccc23)nc2ccccc21.[2H]C([2H])([2H])c1c[c-]c(-c2ccc(C([2H])([2H])[2H])cn2)cc1.[Ir]. The number of furan rings is 2. The minimum Gasteiger partial charge on any atom is -0.501 e. The summed E-state index contributed by atoms with van der Waals surface area (Å²) < 4.78 is 59.0. The quantitative estimate of drug-likeness (QED) is 0.142. The summed E-state index contributed by atoms with van der Waals surface area (Å²) in [7, 11) is 0. The Hall–Kier alpha value is -7.63. The van der Waals surface area contributed by atoms with Crippen molar-refractivity contribution >= 4 is 43.9 Å². The average molecular weight is 1090 g/mol. The van der Waals surface area contributed by atoms with Crippen LogP contribution in [0.15, 0.2) is 197 Å². The Bertz CT molecular complexity index is 3910. The minimum atomic E-state index is -2.18. The molecule has 4 aromatic heterocycles. The molecule has 1 radical (unpaired) electrons. The number of hydrogen-bond acceptors (Lipinski definition) is 4. The van der Waals surface area contributed by atoms with Gasteiger partial charge in [0.25, 0.3) is 0 Å². The molecule has 0 atom stereocenters. The number of pyridine rings is 1. The van der Waals surface area contributed by atoms with Gasteiger partial charge in [-0.2, -0.15) is 0 Å². The summed E-state index contributed by atoms with van der Waals surface area (Å²) in [4.78, 5) is 9.42. The summed E-state index contributed by atoms with van der Waals surface area (Å²) in [6.07, 6.45) is 1.30. The molecule has 0 aliphatic rings. The van der Waals surface area contributed by atoms with Crippen molar-refractivity contribution in [2.45, 2.75) is 53.2 Å². The molecule has 8 aromatic carbocycles. The molecule has 345 valence electrons. The molecule has 0 saturated carbocycles. The van der Waals surface area contributed by atoms with E-state index in [1.807, 2.05) is 24.3 Å². The van der Waals surface area contributed by atoms with Gasteiger partial charge in [-0.1, -0.05) is 155 Å². The summed E-state index contributed by atoms with van der Waals surface area (Å²) in [5.41, 5.74) is 16.3. The molecule has 12 rings (SSSR count). The molecule has 6 heteroatoms. The van der Waals surface area contributed by atoms with Gasteiger partial charge in [-0.3, -0.25) is 4.98 Å². The predicted octanol–water partition coefficient (Wildman–Crippen LogP) is 17.5. The molecule has 0 amide bonds. The van der Waals surface area contributed by atoms with Crippen molar-refractivity contribution in [3.05, 3.63) is 223 Å². The van der Waals surface area contributed by atoms with Gasteiger partial charge in [-0.15, -0.1) is 53.6 Å². The molecule has 0 aliphatic heterocycles. The maximum absolute atomic E-state index is 7.28. The maximum Gasteiger partial charge on any atom is 0.135 e. The second kappa shape index (κ2) is 19.4. The fourth-order valence-corrected chi connectivity index (χ4v) is 9.21. The maximum atomic E-state index is 7.28. The molecule has 4 heterocycles. The van der Waals surface area contributed by atoms with Crippen molar-refractivity contribution in [1.29, 1.82) is 0 Å². The van der Waals surface area contributed by atoms with Gasteiger partial charge in [0, 0.05) is 56.6 Å². The molecule has 0 N–H and O–H groups in total. The molecule has 0 spiro atoms.